The fourth-order valence-electron chi connectivity index (χ4n) is 2.03. The monoisotopic (exact) mass is 306 g/mol. The van der Waals surface area contributed by atoms with E-state index in [0.29, 0.717) is 5.69 Å². The highest BCUT2D eigenvalue weighted by molar-refractivity contribution is 7.17. The number of anilines is 1. The van der Waals surface area contributed by atoms with Crippen LogP contribution in [0.15, 0.2) is 41.9 Å². The molecule has 0 fully saturated rings. The van der Waals surface area contributed by atoms with Crippen LogP contribution in [0.2, 0.25) is 5.02 Å². The summed E-state index contributed by atoms with van der Waals surface area (Å²) in [5, 5.41) is 5.26. The van der Waals surface area contributed by atoms with Crippen LogP contribution in [0, 0.1) is 5.82 Å². The molecule has 1 unspecified atom stereocenters. The van der Waals surface area contributed by atoms with Crippen molar-refractivity contribution in [2.24, 2.45) is 0 Å². The van der Waals surface area contributed by atoms with Crippen molar-refractivity contribution in [1.82, 2.24) is 4.98 Å². The number of aromatic nitrogens is 1. The fraction of sp³-hybridized carbons (Fsp3) is 0.133. The topological polar surface area (TPSA) is 24.9 Å². The Morgan fingerprint density at radius 2 is 2.20 bits per heavy atom. The predicted molar refractivity (Wildman–Crippen MR) is 83.1 cm³/mol. The van der Waals surface area contributed by atoms with Crippen molar-refractivity contribution < 1.29 is 4.39 Å². The van der Waals surface area contributed by atoms with E-state index in [9.17, 15) is 4.39 Å². The zero-order chi connectivity index (χ0) is 14.1. The third-order valence-corrected chi connectivity index (χ3v) is 4.29. The lowest BCUT2D eigenvalue weighted by Crippen LogP contribution is -2.08. The standard InChI is InChI=1S/C15H12ClFN2S/c1-9(19-13-4-2-3-11(16)15(13)17)10-7-14-12(18-8-10)5-6-20-14/h2-9,19H,1H3. The van der Waals surface area contributed by atoms with Gasteiger partial charge in [0, 0.05) is 6.20 Å². The molecule has 0 amide bonds. The van der Waals surface area contributed by atoms with E-state index < -0.39 is 5.82 Å². The molecule has 3 rings (SSSR count). The quantitative estimate of drug-likeness (QED) is 0.713. The zero-order valence-electron chi connectivity index (χ0n) is 10.7. The van der Waals surface area contributed by atoms with Gasteiger partial charge in [-0.15, -0.1) is 11.3 Å². The lowest BCUT2D eigenvalue weighted by molar-refractivity contribution is 0.628. The van der Waals surface area contributed by atoms with Gasteiger partial charge in [-0.05, 0) is 42.1 Å². The van der Waals surface area contributed by atoms with Gasteiger partial charge in [0.15, 0.2) is 5.82 Å². The average Bonchev–Trinajstić information content (AvgIpc) is 2.91. The zero-order valence-corrected chi connectivity index (χ0v) is 12.3. The number of halogens is 2. The number of hydrogen-bond acceptors (Lipinski definition) is 3. The molecule has 2 aromatic heterocycles. The third kappa shape index (κ3) is 2.49. The van der Waals surface area contributed by atoms with Crippen molar-refractivity contribution in [3.8, 4) is 0 Å². The van der Waals surface area contributed by atoms with Crippen LogP contribution in [0.5, 0.6) is 0 Å². The Balaban J connectivity index is 1.88. The highest BCUT2D eigenvalue weighted by Gasteiger charge is 2.11. The van der Waals surface area contributed by atoms with Crippen LogP contribution >= 0.6 is 22.9 Å². The minimum atomic E-state index is -0.425. The van der Waals surface area contributed by atoms with Crippen LogP contribution in [-0.4, -0.2) is 4.98 Å². The summed E-state index contributed by atoms with van der Waals surface area (Å²) < 4.78 is 15.0. The summed E-state index contributed by atoms with van der Waals surface area (Å²) in [6.45, 7) is 1.97. The molecular formula is C15H12ClFN2S. The highest BCUT2D eigenvalue weighted by Crippen LogP contribution is 2.28. The molecule has 0 saturated heterocycles. The van der Waals surface area contributed by atoms with E-state index in [2.05, 4.69) is 16.4 Å². The molecule has 0 bridgehead atoms. The maximum absolute atomic E-state index is 13.9. The van der Waals surface area contributed by atoms with Crippen molar-refractivity contribution in [2.45, 2.75) is 13.0 Å². The van der Waals surface area contributed by atoms with E-state index in [1.165, 1.54) is 6.07 Å². The summed E-state index contributed by atoms with van der Waals surface area (Å²) in [6.07, 6.45) is 1.81. The van der Waals surface area contributed by atoms with Crippen LogP contribution in [-0.2, 0) is 0 Å². The summed E-state index contributed by atoms with van der Waals surface area (Å²) in [5.41, 5.74) is 2.40. The minimum absolute atomic E-state index is 0.0537. The van der Waals surface area contributed by atoms with Gasteiger partial charge < -0.3 is 5.32 Å². The van der Waals surface area contributed by atoms with E-state index in [1.807, 2.05) is 24.6 Å². The molecule has 1 atom stereocenters. The second kappa shape index (κ2) is 5.38. The van der Waals surface area contributed by atoms with Crippen LogP contribution in [0.1, 0.15) is 18.5 Å². The molecule has 0 aliphatic rings. The molecule has 0 aliphatic heterocycles. The first-order valence-corrected chi connectivity index (χ1v) is 7.44. The average molecular weight is 307 g/mol. The summed E-state index contributed by atoms with van der Waals surface area (Å²) >= 11 is 7.43. The molecule has 1 N–H and O–H groups in total. The van der Waals surface area contributed by atoms with Gasteiger partial charge in [0.2, 0.25) is 0 Å². The maximum atomic E-state index is 13.9. The lowest BCUT2D eigenvalue weighted by Gasteiger charge is -2.16. The molecule has 0 saturated carbocycles. The van der Waals surface area contributed by atoms with Gasteiger partial charge in [-0.2, -0.15) is 0 Å². The van der Waals surface area contributed by atoms with Crippen molar-refractivity contribution in [3.05, 3.63) is 58.3 Å². The molecule has 2 nitrogen and oxygen atoms in total. The van der Waals surface area contributed by atoms with Crippen molar-refractivity contribution in [2.75, 3.05) is 5.32 Å². The molecule has 102 valence electrons. The van der Waals surface area contributed by atoms with Gasteiger partial charge in [-0.3, -0.25) is 4.98 Å². The van der Waals surface area contributed by atoms with Gasteiger partial charge >= 0.3 is 0 Å². The summed E-state index contributed by atoms with van der Waals surface area (Å²) in [6, 6.07) is 8.94. The molecule has 0 aliphatic carbocycles. The van der Waals surface area contributed by atoms with E-state index >= 15 is 0 Å². The molecule has 0 spiro atoms. The van der Waals surface area contributed by atoms with E-state index in [1.54, 1.807) is 23.5 Å². The Morgan fingerprint density at radius 3 is 3.05 bits per heavy atom. The molecule has 3 aromatic rings. The number of thiophene rings is 1. The number of hydrogen-bond donors (Lipinski definition) is 1. The normalized spacial score (nSPS) is 12.6. The van der Waals surface area contributed by atoms with Crippen LogP contribution in [0.4, 0.5) is 10.1 Å². The van der Waals surface area contributed by atoms with E-state index in [4.69, 9.17) is 11.6 Å². The third-order valence-electron chi connectivity index (χ3n) is 3.15. The second-order valence-electron chi connectivity index (χ2n) is 4.54. The van der Waals surface area contributed by atoms with Gasteiger partial charge in [0.1, 0.15) is 0 Å². The van der Waals surface area contributed by atoms with Crippen molar-refractivity contribution >= 4 is 38.8 Å². The number of nitrogens with one attached hydrogen (secondary N) is 1. The number of rotatable bonds is 3. The molecule has 1 aromatic carbocycles. The summed E-state index contributed by atoms with van der Waals surface area (Å²) in [7, 11) is 0. The maximum Gasteiger partial charge on any atom is 0.164 e. The number of nitrogens with zero attached hydrogens (tertiary/aromatic N) is 1. The predicted octanol–water partition coefficient (Wildman–Crippen LogP) is 5.26. The Labute approximate surface area is 125 Å². The Bertz CT molecular complexity index is 756. The van der Waals surface area contributed by atoms with E-state index in [0.717, 1.165) is 15.8 Å². The molecule has 5 heteroatoms. The Hall–Kier alpha value is -1.65. The smallest absolute Gasteiger partial charge is 0.164 e. The number of benzene rings is 1. The first-order valence-electron chi connectivity index (χ1n) is 6.19. The van der Waals surface area contributed by atoms with Gasteiger partial charge in [-0.25, -0.2) is 4.39 Å². The minimum Gasteiger partial charge on any atom is -0.376 e. The second-order valence-corrected chi connectivity index (χ2v) is 5.89. The van der Waals surface area contributed by atoms with Gasteiger partial charge in [0.05, 0.1) is 27.0 Å². The lowest BCUT2D eigenvalue weighted by atomic mass is 10.1. The SMILES string of the molecule is CC(Nc1cccc(Cl)c1F)c1cnc2ccsc2c1. The van der Waals surface area contributed by atoms with Gasteiger partial charge in [-0.1, -0.05) is 17.7 Å². The first-order chi connectivity index (χ1) is 9.65. The summed E-state index contributed by atoms with van der Waals surface area (Å²) in [5.74, 6) is -0.425. The molecule has 0 radical (unpaired) electrons. The fourth-order valence-corrected chi connectivity index (χ4v) is 2.99. The molecule has 20 heavy (non-hydrogen) atoms. The largest absolute Gasteiger partial charge is 0.376 e. The molecular weight excluding hydrogens is 295 g/mol. The van der Waals surface area contributed by atoms with Crippen molar-refractivity contribution in [1.29, 1.82) is 0 Å². The van der Waals surface area contributed by atoms with Crippen LogP contribution in [0.25, 0.3) is 10.2 Å². The van der Waals surface area contributed by atoms with Gasteiger partial charge in [0.25, 0.3) is 0 Å². The van der Waals surface area contributed by atoms with Crippen LogP contribution < -0.4 is 5.32 Å². The molecule has 2 heterocycles. The first kappa shape index (κ1) is 13.3. The summed E-state index contributed by atoms with van der Waals surface area (Å²) in [4.78, 5) is 4.39. The Kier molecular flexibility index (Phi) is 3.59. The highest BCUT2D eigenvalue weighted by atomic mass is 35.5. The Morgan fingerprint density at radius 1 is 1.35 bits per heavy atom. The van der Waals surface area contributed by atoms with E-state index in [-0.39, 0.29) is 11.1 Å². The van der Waals surface area contributed by atoms with Crippen molar-refractivity contribution in [3.63, 3.8) is 0 Å². The number of pyridine rings is 1. The number of fused-ring (bicyclic) bond motifs is 1. The van der Waals surface area contributed by atoms with Crippen LogP contribution in [0.3, 0.4) is 0 Å².